The van der Waals surface area contributed by atoms with E-state index in [1.165, 1.54) is 11.1 Å². The molecule has 25 heavy (non-hydrogen) atoms. The molecule has 0 aliphatic carbocycles. The summed E-state index contributed by atoms with van der Waals surface area (Å²) in [6.45, 7) is 2.80. The van der Waals surface area contributed by atoms with Crippen LogP contribution in [0.5, 0.6) is 0 Å². The van der Waals surface area contributed by atoms with Gasteiger partial charge in [0.15, 0.2) is 0 Å². The second-order valence-corrected chi connectivity index (χ2v) is 6.82. The Hall–Kier alpha value is -2.17. The zero-order valence-electron chi connectivity index (χ0n) is 15.0. The van der Waals surface area contributed by atoms with Crippen LogP contribution in [0.4, 0.5) is 0 Å². The van der Waals surface area contributed by atoms with Crippen molar-refractivity contribution in [1.29, 1.82) is 0 Å². The van der Waals surface area contributed by atoms with E-state index in [0.717, 1.165) is 24.8 Å². The van der Waals surface area contributed by atoms with Crippen LogP contribution in [0, 0.1) is 0 Å². The SMILES string of the molecule is CCCC1CC(C(=O)N(C)Cc2ccc(-c3ccccc3)cc2)NN1. The molecule has 0 aromatic heterocycles. The van der Waals surface area contributed by atoms with E-state index in [1.54, 1.807) is 0 Å². The van der Waals surface area contributed by atoms with Crippen LogP contribution < -0.4 is 10.9 Å². The Morgan fingerprint density at radius 1 is 1.04 bits per heavy atom. The number of hydrazine groups is 1. The Morgan fingerprint density at radius 3 is 2.40 bits per heavy atom. The average Bonchev–Trinajstić information content (AvgIpc) is 3.11. The molecule has 3 rings (SSSR count). The predicted molar refractivity (Wildman–Crippen MR) is 102 cm³/mol. The summed E-state index contributed by atoms with van der Waals surface area (Å²) in [4.78, 5) is 14.4. The molecule has 4 nitrogen and oxygen atoms in total. The van der Waals surface area contributed by atoms with Crippen LogP contribution in [0.2, 0.25) is 0 Å². The third kappa shape index (κ3) is 4.47. The maximum absolute atomic E-state index is 12.6. The molecule has 1 amide bonds. The fourth-order valence-electron chi connectivity index (χ4n) is 3.37. The Morgan fingerprint density at radius 2 is 1.72 bits per heavy atom. The molecule has 1 heterocycles. The van der Waals surface area contributed by atoms with E-state index >= 15 is 0 Å². The molecule has 2 aromatic carbocycles. The summed E-state index contributed by atoms with van der Waals surface area (Å²) in [5, 5.41) is 0. The number of carbonyl (C=O) groups excluding carboxylic acids is 1. The first kappa shape index (κ1) is 17.6. The van der Waals surface area contributed by atoms with Gasteiger partial charge in [-0.3, -0.25) is 10.2 Å². The normalized spacial score (nSPS) is 19.8. The molecule has 2 unspecified atom stereocenters. The largest absolute Gasteiger partial charge is 0.340 e. The lowest BCUT2D eigenvalue weighted by Crippen LogP contribution is -2.43. The van der Waals surface area contributed by atoms with Crippen LogP contribution in [0.15, 0.2) is 54.6 Å². The minimum atomic E-state index is -0.120. The van der Waals surface area contributed by atoms with Crippen LogP contribution in [0.25, 0.3) is 11.1 Å². The van der Waals surface area contributed by atoms with Crippen LogP contribution in [-0.4, -0.2) is 29.9 Å². The minimum absolute atomic E-state index is 0.120. The number of nitrogens with zero attached hydrogens (tertiary/aromatic N) is 1. The molecule has 0 spiro atoms. The van der Waals surface area contributed by atoms with Gasteiger partial charge in [0, 0.05) is 19.6 Å². The standard InChI is InChI=1S/C21H27N3O/c1-3-7-19-14-20(23-22-19)21(25)24(2)15-16-10-12-18(13-11-16)17-8-5-4-6-9-17/h4-6,8-13,19-20,22-23H,3,7,14-15H2,1-2H3. The van der Waals surface area contributed by atoms with Gasteiger partial charge in [0.2, 0.25) is 5.91 Å². The van der Waals surface area contributed by atoms with Gasteiger partial charge in [-0.15, -0.1) is 0 Å². The van der Waals surface area contributed by atoms with E-state index in [1.807, 2.05) is 30.1 Å². The summed E-state index contributed by atoms with van der Waals surface area (Å²) in [5.41, 5.74) is 9.93. The molecular weight excluding hydrogens is 310 g/mol. The highest BCUT2D eigenvalue weighted by Crippen LogP contribution is 2.20. The second-order valence-electron chi connectivity index (χ2n) is 6.82. The smallest absolute Gasteiger partial charge is 0.241 e. The highest BCUT2D eigenvalue weighted by Gasteiger charge is 2.30. The molecule has 0 bridgehead atoms. The average molecular weight is 337 g/mol. The summed E-state index contributed by atoms with van der Waals surface area (Å²) >= 11 is 0. The number of carbonyl (C=O) groups is 1. The second kappa shape index (κ2) is 8.28. The highest BCUT2D eigenvalue weighted by atomic mass is 16.2. The van der Waals surface area contributed by atoms with Gasteiger partial charge in [0.05, 0.1) is 0 Å². The van der Waals surface area contributed by atoms with E-state index in [9.17, 15) is 4.79 Å². The van der Waals surface area contributed by atoms with Crippen molar-refractivity contribution in [2.45, 2.75) is 44.8 Å². The molecule has 1 fully saturated rings. The topological polar surface area (TPSA) is 44.4 Å². The molecule has 0 radical (unpaired) electrons. The lowest BCUT2D eigenvalue weighted by molar-refractivity contribution is -0.132. The Labute approximate surface area is 150 Å². The fraction of sp³-hybridized carbons (Fsp3) is 0.381. The first-order valence-corrected chi connectivity index (χ1v) is 9.07. The minimum Gasteiger partial charge on any atom is -0.340 e. The van der Waals surface area contributed by atoms with E-state index in [2.05, 4.69) is 54.2 Å². The Balaban J connectivity index is 1.57. The van der Waals surface area contributed by atoms with Crippen molar-refractivity contribution in [3.05, 3.63) is 60.2 Å². The molecule has 2 N–H and O–H groups in total. The lowest BCUT2D eigenvalue weighted by Gasteiger charge is -2.21. The van der Waals surface area contributed by atoms with Crippen molar-refractivity contribution >= 4 is 5.91 Å². The Kier molecular flexibility index (Phi) is 5.84. The molecule has 132 valence electrons. The zero-order chi connectivity index (χ0) is 17.6. The molecular formula is C21H27N3O. The quantitative estimate of drug-likeness (QED) is 0.850. The number of hydrogen-bond donors (Lipinski definition) is 2. The van der Waals surface area contributed by atoms with Gasteiger partial charge in [-0.25, -0.2) is 5.43 Å². The zero-order valence-corrected chi connectivity index (χ0v) is 15.0. The number of likely N-dealkylation sites (N-methyl/N-ethyl adjacent to an activating group) is 1. The van der Waals surface area contributed by atoms with Crippen molar-refractivity contribution < 1.29 is 4.79 Å². The fourth-order valence-corrected chi connectivity index (χ4v) is 3.37. The number of nitrogens with one attached hydrogen (secondary N) is 2. The summed E-state index contributed by atoms with van der Waals surface area (Å²) < 4.78 is 0. The van der Waals surface area contributed by atoms with Crippen molar-refractivity contribution in [2.24, 2.45) is 0 Å². The van der Waals surface area contributed by atoms with E-state index in [-0.39, 0.29) is 11.9 Å². The van der Waals surface area contributed by atoms with Gasteiger partial charge >= 0.3 is 0 Å². The number of amides is 1. The van der Waals surface area contributed by atoms with Gasteiger partial charge in [0.1, 0.15) is 6.04 Å². The van der Waals surface area contributed by atoms with Crippen molar-refractivity contribution in [3.8, 4) is 11.1 Å². The number of hydrogen-bond acceptors (Lipinski definition) is 3. The Bertz CT molecular complexity index is 684. The third-order valence-electron chi connectivity index (χ3n) is 4.77. The first-order chi connectivity index (χ1) is 12.2. The summed E-state index contributed by atoms with van der Waals surface area (Å²) in [6, 6.07) is 19.1. The van der Waals surface area contributed by atoms with Crippen LogP contribution in [0.1, 0.15) is 31.7 Å². The molecule has 1 aliphatic rings. The number of rotatable bonds is 6. The summed E-state index contributed by atoms with van der Waals surface area (Å²) in [7, 11) is 1.88. The molecule has 1 saturated heterocycles. The summed E-state index contributed by atoms with van der Waals surface area (Å²) in [5.74, 6) is 0.151. The molecule has 1 aliphatic heterocycles. The monoisotopic (exact) mass is 337 g/mol. The molecule has 2 aromatic rings. The summed E-state index contributed by atoms with van der Waals surface area (Å²) in [6.07, 6.45) is 3.09. The van der Waals surface area contributed by atoms with E-state index in [0.29, 0.717) is 12.6 Å². The molecule has 0 saturated carbocycles. The van der Waals surface area contributed by atoms with Gasteiger partial charge < -0.3 is 4.90 Å². The molecule has 2 atom stereocenters. The number of benzene rings is 2. The van der Waals surface area contributed by atoms with Crippen LogP contribution in [0.3, 0.4) is 0 Å². The van der Waals surface area contributed by atoms with Gasteiger partial charge in [-0.05, 0) is 29.5 Å². The van der Waals surface area contributed by atoms with Crippen LogP contribution in [-0.2, 0) is 11.3 Å². The highest BCUT2D eigenvalue weighted by molar-refractivity contribution is 5.82. The molecule has 4 heteroatoms. The first-order valence-electron chi connectivity index (χ1n) is 9.07. The predicted octanol–water partition coefficient (Wildman–Crippen LogP) is 3.35. The van der Waals surface area contributed by atoms with E-state index < -0.39 is 0 Å². The maximum Gasteiger partial charge on any atom is 0.241 e. The van der Waals surface area contributed by atoms with Crippen molar-refractivity contribution in [2.75, 3.05) is 7.05 Å². The van der Waals surface area contributed by atoms with Gasteiger partial charge in [0.25, 0.3) is 0 Å². The van der Waals surface area contributed by atoms with Crippen molar-refractivity contribution in [1.82, 2.24) is 15.8 Å². The van der Waals surface area contributed by atoms with E-state index in [4.69, 9.17) is 0 Å². The van der Waals surface area contributed by atoms with Crippen molar-refractivity contribution in [3.63, 3.8) is 0 Å². The van der Waals surface area contributed by atoms with Crippen LogP contribution >= 0.6 is 0 Å². The maximum atomic E-state index is 12.6. The lowest BCUT2D eigenvalue weighted by atomic mass is 10.0. The van der Waals surface area contributed by atoms with Gasteiger partial charge in [-0.2, -0.15) is 0 Å². The van der Waals surface area contributed by atoms with Gasteiger partial charge in [-0.1, -0.05) is 67.9 Å². The third-order valence-corrected chi connectivity index (χ3v) is 4.77.